The van der Waals surface area contributed by atoms with Crippen LogP contribution in [0.15, 0.2) is 6.07 Å². The van der Waals surface area contributed by atoms with E-state index in [1.54, 1.807) is 4.68 Å². The highest BCUT2D eigenvalue weighted by atomic mass is 16.2. The van der Waals surface area contributed by atoms with E-state index in [1.165, 1.54) is 0 Å². The summed E-state index contributed by atoms with van der Waals surface area (Å²) in [4.78, 5) is 27.1. The lowest BCUT2D eigenvalue weighted by atomic mass is 9.99. The van der Waals surface area contributed by atoms with Gasteiger partial charge in [0.25, 0.3) is 5.91 Å². The molecular weight excluding hydrogens is 304 g/mol. The summed E-state index contributed by atoms with van der Waals surface area (Å²) < 4.78 is 1.80. The molecular formula is C18H28N4O2. The van der Waals surface area contributed by atoms with Gasteiger partial charge in [-0.15, -0.1) is 0 Å². The van der Waals surface area contributed by atoms with Crippen molar-refractivity contribution >= 4 is 11.8 Å². The maximum atomic E-state index is 13.1. The van der Waals surface area contributed by atoms with Crippen molar-refractivity contribution in [2.45, 2.75) is 59.0 Å². The summed E-state index contributed by atoms with van der Waals surface area (Å²) in [5.41, 5.74) is 1.62. The van der Waals surface area contributed by atoms with Crippen molar-refractivity contribution < 1.29 is 9.59 Å². The van der Waals surface area contributed by atoms with Gasteiger partial charge in [0.2, 0.25) is 5.91 Å². The summed E-state index contributed by atoms with van der Waals surface area (Å²) in [6, 6.07) is 2.02. The Morgan fingerprint density at radius 2 is 2.17 bits per heavy atom. The molecule has 1 aromatic rings. The molecule has 2 fully saturated rings. The quantitative estimate of drug-likeness (QED) is 0.915. The van der Waals surface area contributed by atoms with Crippen LogP contribution < -0.4 is 5.32 Å². The van der Waals surface area contributed by atoms with Gasteiger partial charge in [-0.1, -0.05) is 20.3 Å². The van der Waals surface area contributed by atoms with E-state index in [0.29, 0.717) is 31.2 Å². The lowest BCUT2D eigenvalue weighted by Crippen LogP contribution is -2.42. The number of carbonyl (C=O) groups is 2. The Morgan fingerprint density at radius 1 is 1.38 bits per heavy atom. The lowest BCUT2D eigenvalue weighted by Gasteiger charge is -2.27. The Bertz CT molecular complexity index is 623. The molecule has 2 aliphatic rings. The van der Waals surface area contributed by atoms with Crippen molar-refractivity contribution in [3.63, 3.8) is 0 Å². The number of aryl methyl sites for hydroxylation is 1. The standard InChI is InChI=1S/C18H28N4O2/c1-4-22-16(9-15(20-22)8-12(2)3)18(24)21-10-13-6-5-7-14(11-21)19-17(13)23/h9,12-14H,4-8,10-11H2,1-3H3,(H,19,23)/t13-,14-/m1/s1. The molecule has 0 aliphatic carbocycles. The number of hydrogen-bond acceptors (Lipinski definition) is 3. The van der Waals surface area contributed by atoms with Crippen LogP contribution in [0.5, 0.6) is 0 Å². The van der Waals surface area contributed by atoms with Gasteiger partial charge in [-0.25, -0.2) is 0 Å². The first-order valence-electron chi connectivity index (χ1n) is 9.14. The van der Waals surface area contributed by atoms with E-state index in [9.17, 15) is 9.59 Å². The molecule has 0 spiro atoms. The average Bonchev–Trinajstić information content (AvgIpc) is 2.73. The van der Waals surface area contributed by atoms with E-state index in [4.69, 9.17) is 0 Å². The number of fused-ring (bicyclic) bond motifs is 3. The maximum Gasteiger partial charge on any atom is 0.272 e. The molecule has 0 radical (unpaired) electrons. The minimum absolute atomic E-state index is 0.00718. The van der Waals surface area contributed by atoms with Crippen molar-refractivity contribution in [1.29, 1.82) is 0 Å². The molecule has 2 atom stereocenters. The summed E-state index contributed by atoms with van der Waals surface area (Å²) >= 11 is 0. The summed E-state index contributed by atoms with van der Waals surface area (Å²) in [6.45, 7) is 8.12. The molecule has 24 heavy (non-hydrogen) atoms. The maximum absolute atomic E-state index is 13.1. The third kappa shape index (κ3) is 3.47. The third-order valence-electron chi connectivity index (χ3n) is 4.96. The van der Waals surface area contributed by atoms with Crippen LogP contribution in [-0.2, 0) is 17.8 Å². The van der Waals surface area contributed by atoms with Gasteiger partial charge in [0.15, 0.2) is 0 Å². The highest BCUT2D eigenvalue weighted by molar-refractivity contribution is 5.93. The number of nitrogens with one attached hydrogen (secondary N) is 1. The number of amides is 2. The highest BCUT2D eigenvalue weighted by Gasteiger charge is 2.35. The molecule has 1 N–H and O–H groups in total. The monoisotopic (exact) mass is 332 g/mol. The van der Waals surface area contributed by atoms with E-state index in [0.717, 1.165) is 31.4 Å². The molecule has 132 valence electrons. The highest BCUT2D eigenvalue weighted by Crippen LogP contribution is 2.23. The van der Waals surface area contributed by atoms with E-state index in [1.807, 2.05) is 17.9 Å². The molecule has 6 nitrogen and oxygen atoms in total. The van der Waals surface area contributed by atoms with E-state index in [2.05, 4.69) is 24.3 Å². The minimum atomic E-state index is -0.0745. The van der Waals surface area contributed by atoms with Crippen LogP contribution in [0, 0.1) is 11.8 Å². The zero-order valence-corrected chi connectivity index (χ0v) is 14.9. The second-order valence-electron chi connectivity index (χ2n) is 7.48. The molecule has 1 aromatic heterocycles. The largest absolute Gasteiger partial charge is 0.351 e. The SMILES string of the molecule is CCn1nc(CC(C)C)cc1C(=O)N1C[C@H]2CCC[C@H](C1)C(=O)N2. The predicted octanol–water partition coefficient (Wildman–Crippen LogP) is 1.84. The first-order valence-corrected chi connectivity index (χ1v) is 9.14. The van der Waals surface area contributed by atoms with E-state index < -0.39 is 0 Å². The number of aromatic nitrogens is 2. The first-order chi connectivity index (χ1) is 11.5. The van der Waals surface area contributed by atoms with Gasteiger partial charge in [0.1, 0.15) is 5.69 Å². The molecule has 6 heteroatoms. The van der Waals surface area contributed by atoms with Crippen LogP contribution in [0.4, 0.5) is 0 Å². The normalized spacial score (nSPS) is 24.0. The zero-order chi connectivity index (χ0) is 17.3. The Hall–Kier alpha value is -1.85. The fraction of sp³-hybridized carbons (Fsp3) is 0.722. The number of carbonyl (C=O) groups excluding carboxylic acids is 2. The Balaban J connectivity index is 1.83. The van der Waals surface area contributed by atoms with Gasteiger partial charge in [-0.3, -0.25) is 14.3 Å². The van der Waals surface area contributed by atoms with E-state index >= 15 is 0 Å². The Labute approximate surface area is 143 Å². The Kier molecular flexibility index (Phi) is 4.92. The minimum Gasteiger partial charge on any atom is -0.351 e. The lowest BCUT2D eigenvalue weighted by molar-refractivity contribution is -0.124. The number of likely N-dealkylation sites (tertiary alicyclic amines) is 1. The summed E-state index contributed by atoms with van der Waals surface area (Å²) in [7, 11) is 0. The molecule has 0 unspecified atom stereocenters. The average molecular weight is 332 g/mol. The zero-order valence-electron chi connectivity index (χ0n) is 14.9. The van der Waals surface area contributed by atoms with Gasteiger partial charge in [0, 0.05) is 25.7 Å². The van der Waals surface area contributed by atoms with Crippen LogP contribution in [0.2, 0.25) is 0 Å². The topological polar surface area (TPSA) is 67.2 Å². The van der Waals surface area contributed by atoms with Crippen molar-refractivity contribution in [3.05, 3.63) is 17.5 Å². The summed E-state index contributed by atoms with van der Waals surface area (Å²) in [6.07, 6.45) is 3.76. The fourth-order valence-electron chi connectivity index (χ4n) is 3.78. The van der Waals surface area contributed by atoms with Gasteiger partial charge < -0.3 is 10.2 Å². The van der Waals surface area contributed by atoms with Gasteiger partial charge in [-0.2, -0.15) is 5.10 Å². The molecule has 2 saturated heterocycles. The smallest absolute Gasteiger partial charge is 0.272 e. The van der Waals surface area contributed by atoms with Crippen LogP contribution in [0.1, 0.15) is 56.2 Å². The van der Waals surface area contributed by atoms with Crippen molar-refractivity contribution in [2.75, 3.05) is 13.1 Å². The molecule has 0 saturated carbocycles. The molecule has 0 aromatic carbocycles. The molecule has 2 amide bonds. The number of hydrogen-bond donors (Lipinski definition) is 1. The molecule has 2 bridgehead atoms. The molecule has 3 rings (SSSR count). The van der Waals surface area contributed by atoms with Gasteiger partial charge >= 0.3 is 0 Å². The van der Waals surface area contributed by atoms with Crippen LogP contribution in [0.25, 0.3) is 0 Å². The van der Waals surface area contributed by atoms with Crippen molar-refractivity contribution in [1.82, 2.24) is 20.0 Å². The van der Waals surface area contributed by atoms with Gasteiger partial charge in [-0.05, 0) is 38.2 Å². The van der Waals surface area contributed by atoms with Crippen LogP contribution in [-0.4, -0.2) is 45.6 Å². The van der Waals surface area contributed by atoms with Gasteiger partial charge in [0.05, 0.1) is 11.6 Å². The summed E-state index contributed by atoms with van der Waals surface area (Å²) in [5.74, 6) is 0.548. The Morgan fingerprint density at radius 3 is 2.88 bits per heavy atom. The summed E-state index contributed by atoms with van der Waals surface area (Å²) in [5, 5.41) is 7.66. The number of rotatable bonds is 4. The third-order valence-corrected chi connectivity index (χ3v) is 4.96. The van der Waals surface area contributed by atoms with Crippen LogP contribution >= 0.6 is 0 Å². The number of nitrogens with zero attached hydrogens (tertiary/aromatic N) is 3. The molecule has 2 aliphatic heterocycles. The molecule has 3 heterocycles. The van der Waals surface area contributed by atoms with Crippen LogP contribution in [0.3, 0.4) is 0 Å². The fourth-order valence-corrected chi connectivity index (χ4v) is 3.78. The first kappa shape index (κ1) is 17.0. The van der Waals surface area contributed by atoms with E-state index in [-0.39, 0.29) is 23.8 Å². The van der Waals surface area contributed by atoms with Crippen molar-refractivity contribution in [3.8, 4) is 0 Å². The van der Waals surface area contributed by atoms with Crippen molar-refractivity contribution in [2.24, 2.45) is 11.8 Å². The predicted molar refractivity (Wildman–Crippen MR) is 91.6 cm³/mol. The second-order valence-corrected chi connectivity index (χ2v) is 7.48. The second kappa shape index (κ2) is 6.95.